The van der Waals surface area contributed by atoms with Gasteiger partial charge < -0.3 is 15.2 Å². The first-order chi connectivity index (χ1) is 11.2. The highest BCUT2D eigenvalue weighted by molar-refractivity contribution is 7.09. The predicted molar refractivity (Wildman–Crippen MR) is 108 cm³/mol. The molecule has 3 rings (SSSR count). The summed E-state index contributed by atoms with van der Waals surface area (Å²) in [6.45, 7) is 7.89. The Hall–Kier alpha value is -1.08. The second kappa shape index (κ2) is 10.2. The first kappa shape index (κ1) is 22.0. The number of aromatic nitrogens is 2. The molecule has 0 spiro atoms. The second-order valence-corrected chi connectivity index (χ2v) is 7.16. The lowest BCUT2D eigenvalue weighted by atomic mass is 9.96. The molecule has 2 N–H and O–H groups in total. The Morgan fingerprint density at radius 3 is 2.72 bits per heavy atom. The number of rotatable bonds is 5. The normalized spacial score (nSPS) is 14.7. The topological polar surface area (TPSA) is 61.0 Å². The maximum Gasteiger partial charge on any atom is 0.270 e. The number of likely N-dealkylation sites (tertiary alicyclic amines) is 1. The van der Waals surface area contributed by atoms with Gasteiger partial charge in [0.25, 0.3) is 5.91 Å². The van der Waals surface area contributed by atoms with Gasteiger partial charge in [-0.15, -0.1) is 36.2 Å². The highest BCUT2D eigenvalue weighted by Gasteiger charge is 2.24. The van der Waals surface area contributed by atoms with Crippen molar-refractivity contribution in [2.24, 2.45) is 5.92 Å². The molecular formula is C17H26Cl2N4OS. The van der Waals surface area contributed by atoms with Crippen LogP contribution in [-0.4, -0.2) is 47.0 Å². The molecular weight excluding hydrogens is 379 g/mol. The van der Waals surface area contributed by atoms with Crippen LogP contribution >= 0.6 is 36.2 Å². The molecule has 1 amide bonds. The lowest BCUT2D eigenvalue weighted by molar-refractivity contribution is 0.0685. The molecule has 0 aromatic carbocycles. The van der Waals surface area contributed by atoms with Gasteiger partial charge in [0.1, 0.15) is 5.69 Å². The molecule has 1 aliphatic heterocycles. The van der Waals surface area contributed by atoms with Crippen molar-refractivity contribution in [1.82, 2.24) is 20.2 Å². The van der Waals surface area contributed by atoms with Crippen molar-refractivity contribution in [2.45, 2.75) is 26.7 Å². The molecule has 8 heteroatoms. The molecule has 25 heavy (non-hydrogen) atoms. The predicted octanol–water partition coefficient (Wildman–Crippen LogP) is 3.75. The van der Waals surface area contributed by atoms with Crippen molar-refractivity contribution < 1.29 is 4.79 Å². The summed E-state index contributed by atoms with van der Waals surface area (Å²) in [6.07, 6.45) is 4.04. The number of aryl methyl sites for hydroxylation is 1. The van der Waals surface area contributed by atoms with Crippen molar-refractivity contribution in [3.63, 3.8) is 0 Å². The molecule has 0 radical (unpaired) electrons. The van der Waals surface area contributed by atoms with Crippen LogP contribution in [0.1, 0.15) is 35.3 Å². The summed E-state index contributed by atoms with van der Waals surface area (Å²) in [5.74, 6) is 0.793. The Bertz CT molecular complexity index is 665. The first-order valence-electron chi connectivity index (χ1n) is 8.28. The van der Waals surface area contributed by atoms with E-state index in [0.717, 1.165) is 55.3 Å². The van der Waals surface area contributed by atoms with Gasteiger partial charge in [-0.25, -0.2) is 4.98 Å². The van der Waals surface area contributed by atoms with Crippen LogP contribution in [0.3, 0.4) is 0 Å². The Morgan fingerprint density at radius 1 is 1.40 bits per heavy atom. The summed E-state index contributed by atoms with van der Waals surface area (Å²) in [6, 6.07) is 1.92. The highest BCUT2D eigenvalue weighted by Crippen LogP contribution is 2.24. The minimum Gasteiger partial charge on any atom is -0.357 e. The molecule has 1 saturated heterocycles. The summed E-state index contributed by atoms with van der Waals surface area (Å²) in [5, 5.41) is 6.47. The number of thiazole rings is 1. The van der Waals surface area contributed by atoms with Crippen LogP contribution in [-0.2, 0) is 0 Å². The summed E-state index contributed by atoms with van der Waals surface area (Å²) < 4.78 is 0. The highest BCUT2D eigenvalue weighted by atomic mass is 35.5. The number of nitrogens with zero attached hydrogens (tertiary/aromatic N) is 2. The van der Waals surface area contributed by atoms with E-state index in [-0.39, 0.29) is 30.7 Å². The molecule has 1 fully saturated rings. The van der Waals surface area contributed by atoms with E-state index in [1.54, 1.807) is 11.3 Å². The number of carbonyl (C=O) groups excluding carboxylic acids is 1. The number of hydrogen-bond donors (Lipinski definition) is 2. The average Bonchev–Trinajstić information content (AvgIpc) is 3.21. The van der Waals surface area contributed by atoms with Gasteiger partial charge in [0.05, 0.1) is 10.7 Å². The third-order valence-corrected chi connectivity index (χ3v) is 5.19. The molecule has 0 aliphatic carbocycles. The first-order valence-corrected chi connectivity index (χ1v) is 9.16. The van der Waals surface area contributed by atoms with Crippen LogP contribution in [0.4, 0.5) is 0 Å². The summed E-state index contributed by atoms with van der Waals surface area (Å²) in [4.78, 5) is 22.2. The quantitative estimate of drug-likeness (QED) is 0.797. The zero-order valence-electron chi connectivity index (χ0n) is 14.6. The van der Waals surface area contributed by atoms with E-state index < -0.39 is 0 Å². The Morgan fingerprint density at radius 2 is 2.12 bits per heavy atom. The van der Waals surface area contributed by atoms with Gasteiger partial charge in [-0.1, -0.05) is 6.92 Å². The zero-order chi connectivity index (χ0) is 16.2. The smallest absolute Gasteiger partial charge is 0.270 e. The molecule has 0 saturated carbocycles. The molecule has 140 valence electrons. The van der Waals surface area contributed by atoms with Crippen molar-refractivity contribution in [1.29, 1.82) is 0 Å². The number of carbonyl (C=O) groups is 1. The fourth-order valence-corrected chi connectivity index (χ4v) is 3.64. The Labute approximate surface area is 165 Å². The molecule has 0 atom stereocenters. The minimum atomic E-state index is 0. The maximum absolute atomic E-state index is 12.6. The Kier molecular flexibility index (Phi) is 8.93. The number of H-pyrrole nitrogens is 1. The van der Waals surface area contributed by atoms with Crippen molar-refractivity contribution in [2.75, 3.05) is 26.2 Å². The van der Waals surface area contributed by atoms with Crippen LogP contribution in [0.2, 0.25) is 0 Å². The maximum atomic E-state index is 12.6. The van der Waals surface area contributed by atoms with Crippen molar-refractivity contribution in [3.05, 3.63) is 28.3 Å². The van der Waals surface area contributed by atoms with Crippen molar-refractivity contribution in [3.8, 4) is 11.3 Å². The number of nitrogens with one attached hydrogen (secondary N) is 2. The van der Waals surface area contributed by atoms with E-state index in [2.05, 4.69) is 22.2 Å². The van der Waals surface area contributed by atoms with Crippen LogP contribution in [0, 0.1) is 12.8 Å². The molecule has 3 heterocycles. The van der Waals surface area contributed by atoms with Gasteiger partial charge in [0, 0.05) is 30.2 Å². The number of halogens is 2. The number of hydrogen-bond acceptors (Lipinski definition) is 4. The van der Waals surface area contributed by atoms with E-state index in [0.29, 0.717) is 11.6 Å². The Balaban J connectivity index is 0.00000156. The van der Waals surface area contributed by atoms with E-state index in [4.69, 9.17) is 0 Å². The summed E-state index contributed by atoms with van der Waals surface area (Å²) >= 11 is 1.63. The van der Waals surface area contributed by atoms with Crippen LogP contribution in [0.5, 0.6) is 0 Å². The largest absolute Gasteiger partial charge is 0.357 e. The van der Waals surface area contributed by atoms with Crippen molar-refractivity contribution >= 4 is 42.1 Å². The van der Waals surface area contributed by atoms with Gasteiger partial charge in [-0.3, -0.25) is 4.79 Å². The lowest BCUT2D eigenvalue weighted by Crippen LogP contribution is -2.40. The monoisotopic (exact) mass is 404 g/mol. The number of aromatic amines is 1. The van der Waals surface area contributed by atoms with E-state index in [1.165, 1.54) is 0 Å². The molecule has 0 unspecified atom stereocenters. The fraction of sp³-hybridized carbons (Fsp3) is 0.529. The lowest BCUT2D eigenvalue weighted by Gasteiger charge is -2.31. The van der Waals surface area contributed by atoms with E-state index >= 15 is 0 Å². The van der Waals surface area contributed by atoms with E-state index in [9.17, 15) is 4.79 Å². The molecule has 2 aromatic heterocycles. The van der Waals surface area contributed by atoms with E-state index in [1.807, 2.05) is 29.5 Å². The summed E-state index contributed by atoms with van der Waals surface area (Å²) in [7, 11) is 0. The van der Waals surface area contributed by atoms with Crippen LogP contribution in [0.25, 0.3) is 11.3 Å². The second-order valence-electron chi connectivity index (χ2n) is 6.10. The van der Waals surface area contributed by atoms with Crippen LogP contribution < -0.4 is 5.32 Å². The summed E-state index contributed by atoms with van der Waals surface area (Å²) in [5.41, 5.74) is 2.59. The number of amides is 1. The zero-order valence-corrected chi connectivity index (χ0v) is 17.0. The molecule has 2 aromatic rings. The fourth-order valence-electron chi connectivity index (χ4n) is 3.02. The van der Waals surface area contributed by atoms with Gasteiger partial charge in [0.15, 0.2) is 0 Å². The van der Waals surface area contributed by atoms with Crippen LogP contribution in [0.15, 0.2) is 17.6 Å². The molecule has 5 nitrogen and oxygen atoms in total. The number of piperidine rings is 1. The third kappa shape index (κ3) is 5.45. The standard InChI is InChI=1S/C17H24N4OS.2ClH/c1-3-18-9-13-4-6-21(7-5-13)17(22)15-8-14(10-19-15)16-11-23-12(2)20-16;;/h8,10-11,13,18-19H,3-7,9H2,1-2H3;2*1H. The van der Waals surface area contributed by atoms with Gasteiger partial charge in [-0.05, 0) is 44.8 Å². The SMILES string of the molecule is CCNCC1CCN(C(=O)c2cc(-c3csc(C)n3)c[nH]2)CC1.Cl.Cl. The van der Waals surface area contributed by atoms with Gasteiger partial charge in [0.2, 0.25) is 0 Å². The molecule has 0 bridgehead atoms. The average molecular weight is 405 g/mol. The van der Waals surface area contributed by atoms with Gasteiger partial charge in [-0.2, -0.15) is 0 Å². The van der Waals surface area contributed by atoms with Gasteiger partial charge >= 0.3 is 0 Å². The molecule has 1 aliphatic rings. The minimum absolute atomic E-state index is 0. The third-order valence-electron chi connectivity index (χ3n) is 4.41.